The number of ether oxygens (including phenoxy) is 3. The summed E-state index contributed by atoms with van der Waals surface area (Å²) in [6.07, 6.45) is -4.55. The van der Waals surface area contributed by atoms with Gasteiger partial charge in [-0.25, -0.2) is 0 Å². The predicted octanol–water partition coefficient (Wildman–Crippen LogP) is 0.780. The molecule has 0 aliphatic carbocycles. The highest BCUT2D eigenvalue weighted by Crippen LogP contribution is 2.26. The van der Waals surface area contributed by atoms with Gasteiger partial charge in [0.05, 0.1) is 33.0 Å². The number of amidine groups is 1. The molecule has 17 heavy (non-hydrogen) atoms. The first-order chi connectivity index (χ1) is 7.89. The van der Waals surface area contributed by atoms with E-state index in [9.17, 15) is 13.2 Å². The molecule has 0 aliphatic heterocycles. The van der Waals surface area contributed by atoms with Crippen LogP contribution in [-0.4, -0.2) is 52.2 Å². The molecule has 8 heteroatoms. The van der Waals surface area contributed by atoms with Crippen LogP contribution in [-0.2, 0) is 14.2 Å². The van der Waals surface area contributed by atoms with Gasteiger partial charge in [-0.3, -0.25) is 5.41 Å². The van der Waals surface area contributed by atoms with E-state index in [2.05, 4.69) is 0 Å². The lowest BCUT2D eigenvalue weighted by molar-refractivity contribution is -0.169. The topological polar surface area (TPSA) is 77.6 Å². The molecule has 0 bridgehead atoms. The predicted molar refractivity (Wildman–Crippen MR) is 55.0 cm³/mol. The lowest BCUT2D eigenvalue weighted by Gasteiger charge is -2.18. The van der Waals surface area contributed by atoms with E-state index in [0.717, 1.165) is 0 Å². The SMILES string of the molecule is COCCOCCOCC(C(=N)N)C(F)(F)F. The molecule has 0 radical (unpaired) electrons. The standard InChI is InChI=1S/C9H17F3N2O3/c1-15-2-3-16-4-5-17-6-7(8(13)14)9(10,11)12/h7H,2-6H2,1H3,(H3,13,14). The van der Waals surface area contributed by atoms with Crippen molar-refractivity contribution in [3.8, 4) is 0 Å². The van der Waals surface area contributed by atoms with Crippen LogP contribution in [0.5, 0.6) is 0 Å². The fourth-order valence-corrected chi connectivity index (χ4v) is 0.924. The van der Waals surface area contributed by atoms with E-state index >= 15 is 0 Å². The highest BCUT2D eigenvalue weighted by Gasteiger charge is 2.41. The molecule has 0 fully saturated rings. The number of hydrogen-bond donors (Lipinski definition) is 2. The largest absolute Gasteiger partial charge is 0.400 e. The second-order valence-corrected chi connectivity index (χ2v) is 3.23. The normalized spacial score (nSPS) is 13.6. The molecular weight excluding hydrogens is 241 g/mol. The number of methoxy groups -OCH3 is 1. The third-order valence-electron chi connectivity index (χ3n) is 1.86. The van der Waals surface area contributed by atoms with E-state index in [4.69, 9.17) is 25.4 Å². The molecular formula is C9H17F3N2O3. The Morgan fingerprint density at radius 3 is 2.18 bits per heavy atom. The summed E-state index contributed by atoms with van der Waals surface area (Å²) in [4.78, 5) is 0. The molecule has 1 unspecified atom stereocenters. The van der Waals surface area contributed by atoms with Crippen molar-refractivity contribution in [3.63, 3.8) is 0 Å². The average molecular weight is 258 g/mol. The Kier molecular flexibility index (Phi) is 7.85. The number of rotatable bonds is 9. The number of nitrogens with one attached hydrogen (secondary N) is 1. The Bertz CT molecular complexity index is 224. The van der Waals surface area contributed by atoms with Crippen LogP contribution in [0.4, 0.5) is 13.2 Å². The summed E-state index contributed by atoms with van der Waals surface area (Å²) in [5.74, 6) is -3.00. The number of nitrogens with two attached hydrogens (primary N) is 1. The number of alkyl halides is 3. The van der Waals surface area contributed by atoms with E-state index in [1.54, 1.807) is 0 Å². The van der Waals surface area contributed by atoms with Gasteiger partial charge >= 0.3 is 6.18 Å². The van der Waals surface area contributed by atoms with Crippen molar-refractivity contribution in [2.45, 2.75) is 6.18 Å². The minimum absolute atomic E-state index is 0.0174. The van der Waals surface area contributed by atoms with Crippen molar-refractivity contribution in [2.75, 3.05) is 40.1 Å². The lowest BCUT2D eigenvalue weighted by Crippen LogP contribution is -2.38. The second kappa shape index (κ2) is 8.26. The molecule has 5 nitrogen and oxygen atoms in total. The van der Waals surface area contributed by atoms with E-state index < -0.39 is 24.5 Å². The van der Waals surface area contributed by atoms with Crippen LogP contribution in [0.15, 0.2) is 0 Å². The van der Waals surface area contributed by atoms with Gasteiger partial charge in [-0.2, -0.15) is 13.2 Å². The Morgan fingerprint density at radius 1 is 1.18 bits per heavy atom. The zero-order chi connectivity index (χ0) is 13.3. The first-order valence-electron chi connectivity index (χ1n) is 4.94. The van der Waals surface area contributed by atoms with Gasteiger partial charge < -0.3 is 19.9 Å². The fourth-order valence-electron chi connectivity index (χ4n) is 0.924. The maximum Gasteiger partial charge on any atom is 0.400 e. The van der Waals surface area contributed by atoms with E-state index in [1.807, 2.05) is 0 Å². The fraction of sp³-hybridized carbons (Fsp3) is 0.889. The summed E-state index contributed by atoms with van der Waals surface area (Å²) < 4.78 is 51.3. The summed E-state index contributed by atoms with van der Waals surface area (Å²) in [5, 5.41) is 6.81. The van der Waals surface area contributed by atoms with E-state index in [0.29, 0.717) is 13.2 Å². The molecule has 1 atom stereocenters. The Labute approximate surface area is 97.5 Å². The van der Waals surface area contributed by atoms with Crippen LogP contribution in [0.3, 0.4) is 0 Å². The van der Waals surface area contributed by atoms with Gasteiger partial charge in [-0.1, -0.05) is 0 Å². The molecule has 0 aromatic carbocycles. The minimum atomic E-state index is -4.55. The minimum Gasteiger partial charge on any atom is -0.387 e. The van der Waals surface area contributed by atoms with Crippen molar-refractivity contribution < 1.29 is 27.4 Å². The molecule has 102 valence electrons. The molecule has 3 N–H and O–H groups in total. The van der Waals surface area contributed by atoms with Crippen LogP contribution in [0, 0.1) is 11.3 Å². The monoisotopic (exact) mass is 258 g/mol. The molecule has 0 saturated carbocycles. The van der Waals surface area contributed by atoms with Crippen LogP contribution < -0.4 is 5.73 Å². The van der Waals surface area contributed by atoms with Crippen molar-refractivity contribution in [3.05, 3.63) is 0 Å². The van der Waals surface area contributed by atoms with Crippen LogP contribution in [0.25, 0.3) is 0 Å². The van der Waals surface area contributed by atoms with Gasteiger partial charge in [0, 0.05) is 7.11 Å². The molecule has 0 saturated heterocycles. The van der Waals surface area contributed by atoms with Gasteiger partial charge in [-0.05, 0) is 0 Å². The van der Waals surface area contributed by atoms with Crippen LogP contribution >= 0.6 is 0 Å². The van der Waals surface area contributed by atoms with Gasteiger partial charge in [0.2, 0.25) is 0 Å². The third kappa shape index (κ3) is 7.94. The number of halogens is 3. The highest BCUT2D eigenvalue weighted by atomic mass is 19.4. The summed E-state index contributed by atoms with van der Waals surface area (Å²) in [7, 11) is 1.51. The molecule has 0 heterocycles. The first kappa shape index (κ1) is 16.1. The Balaban J connectivity index is 3.67. The first-order valence-corrected chi connectivity index (χ1v) is 4.94. The van der Waals surface area contributed by atoms with Crippen molar-refractivity contribution in [1.29, 1.82) is 5.41 Å². The summed E-state index contributed by atoms with van der Waals surface area (Å²) in [5.41, 5.74) is 4.84. The van der Waals surface area contributed by atoms with E-state index in [1.165, 1.54) is 7.11 Å². The third-order valence-corrected chi connectivity index (χ3v) is 1.86. The lowest BCUT2D eigenvalue weighted by atomic mass is 10.1. The summed E-state index contributed by atoms with van der Waals surface area (Å²) >= 11 is 0. The summed E-state index contributed by atoms with van der Waals surface area (Å²) in [6, 6.07) is 0. The van der Waals surface area contributed by atoms with E-state index in [-0.39, 0.29) is 13.2 Å². The average Bonchev–Trinajstić information content (AvgIpc) is 2.19. The van der Waals surface area contributed by atoms with Crippen molar-refractivity contribution >= 4 is 5.84 Å². The molecule has 0 spiro atoms. The smallest absolute Gasteiger partial charge is 0.387 e. The molecule has 0 aliphatic rings. The van der Waals surface area contributed by atoms with Gasteiger partial charge in [0.25, 0.3) is 0 Å². The Morgan fingerprint density at radius 2 is 1.71 bits per heavy atom. The maximum atomic E-state index is 12.3. The van der Waals surface area contributed by atoms with Gasteiger partial charge in [0.15, 0.2) is 0 Å². The molecule has 0 aromatic heterocycles. The Hall–Kier alpha value is -0.860. The maximum absolute atomic E-state index is 12.3. The van der Waals surface area contributed by atoms with Crippen LogP contribution in [0.1, 0.15) is 0 Å². The zero-order valence-electron chi connectivity index (χ0n) is 9.55. The summed E-state index contributed by atoms with van der Waals surface area (Å²) in [6.45, 7) is 0.301. The quantitative estimate of drug-likeness (QED) is 0.364. The van der Waals surface area contributed by atoms with Crippen molar-refractivity contribution in [2.24, 2.45) is 11.7 Å². The van der Waals surface area contributed by atoms with Crippen LogP contribution in [0.2, 0.25) is 0 Å². The zero-order valence-corrected chi connectivity index (χ0v) is 9.55. The molecule has 0 amide bonds. The highest BCUT2D eigenvalue weighted by molar-refractivity contribution is 5.80. The molecule has 0 rings (SSSR count). The van der Waals surface area contributed by atoms with Gasteiger partial charge in [0.1, 0.15) is 11.8 Å². The second-order valence-electron chi connectivity index (χ2n) is 3.23. The van der Waals surface area contributed by atoms with Crippen molar-refractivity contribution in [1.82, 2.24) is 0 Å². The molecule has 0 aromatic rings. The number of hydrogen-bond acceptors (Lipinski definition) is 4. The van der Waals surface area contributed by atoms with Gasteiger partial charge in [-0.15, -0.1) is 0 Å².